The fourth-order valence-electron chi connectivity index (χ4n) is 1.78. The van der Waals surface area contributed by atoms with Crippen LogP contribution in [0.4, 0.5) is 13.2 Å². The average molecular weight is 320 g/mol. The summed E-state index contributed by atoms with van der Waals surface area (Å²) in [7, 11) is 0. The van der Waals surface area contributed by atoms with Gasteiger partial charge in [-0.05, 0) is 60.5 Å². The predicted molar refractivity (Wildman–Crippen MR) is 76.6 cm³/mol. The molecule has 0 saturated heterocycles. The molecular formula is C14H15F3O3S. The van der Waals surface area contributed by atoms with Crippen molar-refractivity contribution in [3.8, 4) is 5.75 Å². The lowest BCUT2D eigenvalue weighted by atomic mass is 10.1. The largest absolute Gasteiger partial charge is 0.492 e. The van der Waals surface area contributed by atoms with Gasteiger partial charge in [-0.2, -0.15) is 13.2 Å². The van der Waals surface area contributed by atoms with Crippen molar-refractivity contribution in [2.24, 2.45) is 0 Å². The minimum Gasteiger partial charge on any atom is -0.492 e. The second kappa shape index (κ2) is 7.40. The van der Waals surface area contributed by atoms with Crippen LogP contribution < -0.4 is 4.74 Å². The molecule has 0 aliphatic rings. The summed E-state index contributed by atoms with van der Waals surface area (Å²) in [5, 5.41) is 8.57. The lowest BCUT2D eigenvalue weighted by Crippen LogP contribution is -2.08. The van der Waals surface area contributed by atoms with Gasteiger partial charge in [-0.25, -0.2) is 4.79 Å². The third-order valence-corrected chi connectivity index (χ3v) is 3.19. The number of thioether (sulfide) groups is 1. The number of halogens is 3. The summed E-state index contributed by atoms with van der Waals surface area (Å²) in [4.78, 5) is 10.5. The fraction of sp³-hybridized carbons (Fsp3) is 0.357. The van der Waals surface area contributed by atoms with Gasteiger partial charge in [0.1, 0.15) is 5.75 Å². The Bertz CT molecular complexity index is 516. The highest BCUT2D eigenvalue weighted by Gasteiger charge is 2.27. The first-order chi connectivity index (χ1) is 9.69. The maximum atomic E-state index is 12.0. The molecule has 0 bridgehead atoms. The molecule has 0 fully saturated rings. The van der Waals surface area contributed by atoms with E-state index in [1.807, 2.05) is 0 Å². The monoisotopic (exact) mass is 320 g/mol. The summed E-state index contributed by atoms with van der Waals surface area (Å²) in [6.45, 7) is 3.48. The van der Waals surface area contributed by atoms with Crippen LogP contribution in [0, 0.1) is 13.8 Å². The molecule has 1 aromatic rings. The first-order valence-electron chi connectivity index (χ1n) is 6.05. The van der Waals surface area contributed by atoms with Crippen LogP contribution >= 0.6 is 11.8 Å². The Morgan fingerprint density at radius 3 is 2.38 bits per heavy atom. The molecule has 0 atom stereocenters. The smallest absolute Gasteiger partial charge is 0.441 e. The van der Waals surface area contributed by atoms with Crippen LogP contribution in [0.25, 0.3) is 6.08 Å². The van der Waals surface area contributed by atoms with Crippen molar-refractivity contribution < 1.29 is 27.8 Å². The third-order valence-electron chi connectivity index (χ3n) is 2.50. The number of carboxylic acids is 1. The summed E-state index contributed by atoms with van der Waals surface area (Å²) in [5.41, 5.74) is -2.06. The van der Waals surface area contributed by atoms with Crippen molar-refractivity contribution in [2.75, 3.05) is 12.4 Å². The van der Waals surface area contributed by atoms with E-state index in [0.29, 0.717) is 11.3 Å². The first-order valence-corrected chi connectivity index (χ1v) is 7.03. The van der Waals surface area contributed by atoms with E-state index in [1.165, 1.54) is 6.08 Å². The highest BCUT2D eigenvalue weighted by atomic mass is 32.2. The van der Waals surface area contributed by atoms with E-state index in [9.17, 15) is 18.0 Å². The Kier molecular flexibility index (Phi) is 6.14. The number of benzene rings is 1. The van der Waals surface area contributed by atoms with Gasteiger partial charge in [0.15, 0.2) is 0 Å². The molecule has 1 rings (SSSR count). The molecule has 0 heterocycles. The predicted octanol–water partition coefficient (Wildman–Crippen LogP) is 4.03. The van der Waals surface area contributed by atoms with Crippen molar-refractivity contribution in [3.05, 3.63) is 34.9 Å². The normalized spacial score (nSPS) is 11.9. The zero-order valence-corrected chi connectivity index (χ0v) is 12.3. The van der Waals surface area contributed by atoms with E-state index >= 15 is 0 Å². The van der Waals surface area contributed by atoms with Gasteiger partial charge in [-0.1, -0.05) is 0 Å². The van der Waals surface area contributed by atoms with Gasteiger partial charge in [0, 0.05) is 11.8 Å². The minimum atomic E-state index is -4.25. The average Bonchev–Trinajstić information content (AvgIpc) is 2.33. The van der Waals surface area contributed by atoms with Crippen LogP contribution in [0.5, 0.6) is 5.75 Å². The number of hydrogen-bond donors (Lipinski definition) is 1. The van der Waals surface area contributed by atoms with Crippen molar-refractivity contribution in [2.45, 2.75) is 19.4 Å². The van der Waals surface area contributed by atoms with Crippen LogP contribution in [0.15, 0.2) is 18.2 Å². The van der Waals surface area contributed by atoms with Gasteiger partial charge in [-0.15, -0.1) is 0 Å². The number of carbonyl (C=O) groups is 1. The molecule has 0 saturated carbocycles. The highest BCUT2D eigenvalue weighted by Crippen LogP contribution is 2.30. The molecule has 0 aliphatic carbocycles. The molecule has 116 valence electrons. The van der Waals surface area contributed by atoms with Gasteiger partial charge in [0.05, 0.1) is 6.61 Å². The number of aryl methyl sites for hydroxylation is 2. The maximum absolute atomic E-state index is 12.0. The van der Waals surface area contributed by atoms with Crippen molar-refractivity contribution in [1.29, 1.82) is 0 Å². The molecule has 7 heteroatoms. The Hall–Kier alpha value is -1.63. The van der Waals surface area contributed by atoms with Crippen molar-refractivity contribution in [1.82, 2.24) is 0 Å². The van der Waals surface area contributed by atoms with E-state index in [2.05, 4.69) is 0 Å². The number of carboxylic acid groups (broad SMARTS) is 1. The highest BCUT2D eigenvalue weighted by molar-refractivity contribution is 8.00. The molecule has 0 amide bonds. The molecule has 3 nitrogen and oxygen atoms in total. The Balaban J connectivity index is 2.70. The zero-order valence-electron chi connectivity index (χ0n) is 11.5. The van der Waals surface area contributed by atoms with E-state index in [0.717, 1.165) is 17.2 Å². The molecule has 0 aliphatic heterocycles. The Morgan fingerprint density at radius 1 is 1.33 bits per heavy atom. The van der Waals surface area contributed by atoms with Crippen LogP contribution in [0.3, 0.4) is 0 Å². The van der Waals surface area contributed by atoms with Crippen molar-refractivity contribution in [3.63, 3.8) is 0 Å². The van der Waals surface area contributed by atoms with Gasteiger partial charge in [0.25, 0.3) is 0 Å². The van der Waals surface area contributed by atoms with Crippen LogP contribution in [-0.4, -0.2) is 28.9 Å². The third kappa shape index (κ3) is 6.57. The summed E-state index contributed by atoms with van der Waals surface area (Å²) < 4.78 is 41.4. The van der Waals surface area contributed by atoms with Crippen molar-refractivity contribution >= 4 is 23.8 Å². The number of alkyl halides is 3. The lowest BCUT2D eigenvalue weighted by molar-refractivity contribution is -0.131. The topological polar surface area (TPSA) is 46.5 Å². The number of hydrogen-bond acceptors (Lipinski definition) is 3. The summed E-state index contributed by atoms with van der Waals surface area (Å²) >= 11 is -0.122. The van der Waals surface area contributed by atoms with E-state index in [4.69, 9.17) is 9.84 Å². The second-order valence-corrected chi connectivity index (χ2v) is 5.46. The van der Waals surface area contributed by atoms with Crippen LogP contribution in [0.2, 0.25) is 0 Å². The standard InChI is InChI=1S/C14H15F3O3S/c1-9-7-11(3-4-12(18)19)8-10(2)13(9)20-5-6-21-14(15,16)17/h3-4,7-8H,5-6H2,1-2H3,(H,18,19)/b4-3+. The molecule has 21 heavy (non-hydrogen) atoms. The van der Waals surface area contributed by atoms with Gasteiger partial charge >= 0.3 is 11.5 Å². The van der Waals surface area contributed by atoms with E-state index < -0.39 is 11.5 Å². The molecule has 0 radical (unpaired) electrons. The Labute approximate surface area is 124 Å². The summed E-state index contributed by atoms with van der Waals surface area (Å²) in [6, 6.07) is 3.44. The molecule has 1 aromatic carbocycles. The SMILES string of the molecule is Cc1cc(/C=C/C(=O)O)cc(C)c1OCCSC(F)(F)F. The molecule has 0 aromatic heterocycles. The van der Waals surface area contributed by atoms with Gasteiger partial charge in [-0.3, -0.25) is 0 Å². The van der Waals surface area contributed by atoms with Gasteiger partial charge < -0.3 is 9.84 Å². The Morgan fingerprint density at radius 2 is 1.90 bits per heavy atom. The summed E-state index contributed by atoms with van der Waals surface area (Å²) in [6.07, 6.45) is 2.47. The van der Waals surface area contributed by atoms with E-state index in [1.54, 1.807) is 26.0 Å². The fourth-order valence-corrected chi connectivity index (χ4v) is 2.17. The number of aliphatic carboxylic acids is 1. The molecule has 1 N–H and O–H groups in total. The van der Waals surface area contributed by atoms with Crippen LogP contribution in [0.1, 0.15) is 16.7 Å². The lowest BCUT2D eigenvalue weighted by Gasteiger charge is -2.13. The molecular weight excluding hydrogens is 305 g/mol. The zero-order chi connectivity index (χ0) is 16.0. The molecule has 0 unspecified atom stereocenters. The van der Waals surface area contributed by atoms with Crippen LogP contribution in [-0.2, 0) is 4.79 Å². The summed E-state index contributed by atoms with van der Waals surface area (Å²) in [5.74, 6) is -0.691. The second-order valence-electron chi connectivity index (χ2n) is 4.30. The van der Waals surface area contributed by atoms with Gasteiger partial charge in [0.2, 0.25) is 0 Å². The number of ether oxygens (including phenoxy) is 1. The van der Waals surface area contributed by atoms with E-state index in [-0.39, 0.29) is 24.1 Å². The maximum Gasteiger partial charge on any atom is 0.441 e. The number of rotatable bonds is 6. The minimum absolute atomic E-state index is 0.0455. The quantitative estimate of drug-likeness (QED) is 0.635. The molecule has 0 spiro atoms. The first kappa shape index (κ1) is 17.4.